The highest BCUT2D eigenvalue weighted by Crippen LogP contribution is 2.06. The quantitative estimate of drug-likeness (QED) is 0.363. The minimum absolute atomic E-state index is 0.251. The molecule has 0 fully saturated rings. The molecule has 0 atom stereocenters. The average Bonchev–Trinajstić information content (AvgIpc) is 2.46. The van der Waals surface area contributed by atoms with Crippen molar-refractivity contribution in [3.63, 3.8) is 0 Å². The van der Waals surface area contributed by atoms with Crippen LogP contribution in [0, 0.1) is 6.92 Å². The lowest BCUT2D eigenvalue weighted by Gasteiger charge is -2.02. The third kappa shape index (κ3) is 7.78. The number of unbranched alkanes of at least 4 members (excludes halogenated alkanes) is 5. The van der Waals surface area contributed by atoms with Crippen LogP contribution < -0.4 is 0 Å². The Bertz CT molecular complexity index is 404. The van der Waals surface area contributed by atoms with Crippen molar-refractivity contribution >= 4 is 12.0 Å². The highest BCUT2D eigenvalue weighted by Gasteiger charge is 1.97. The summed E-state index contributed by atoms with van der Waals surface area (Å²) in [5.41, 5.74) is 2.24. The summed E-state index contributed by atoms with van der Waals surface area (Å²) >= 11 is 0. The predicted octanol–water partition coefficient (Wildman–Crippen LogP) is 4.91. The van der Waals surface area contributed by atoms with E-state index in [9.17, 15) is 4.79 Å². The van der Waals surface area contributed by atoms with E-state index < -0.39 is 0 Å². The molecule has 2 nitrogen and oxygen atoms in total. The number of esters is 1. The van der Waals surface area contributed by atoms with Gasteiger partial charge in [0, 0.05) is 6.08 Å². The summed E-state index contributed by atoms with van der Waals surface area (Å²) in [6.45, 7) is 4.79. The number of aryl methyl sites for hydroxylation is 1. The highest BCUT2D eigenvalue weighted by atomic mass is 16.5. The summed E-state index contributed by atoms with van der Waals surface area (Å²) in [5, 5.41) is 0. The summed E-state index contributed by atoms with van der Waals surface area (Å²) in [4.78, 5) is 11.5. The SMILES string of the molecule is CCCCCCCCOC(=O)/C=C/c1ccc(C)cc1. The standard InChI is InChI=1S/C18H26O2/c1-3-4-5-6-7-8-15-20-18(19)14-13-17-11-9-16(2)10-12-17/h9-14H,3-8,15H2,1-2H3/b14-13+. The van der Waals surface area contributed by atoms with E-state index in [4.69, 9.17) is 4.74 Å². The molecule has 1 aromatic rings. The lowest BCUT2D eigenvalue weighted by Crippen LogP contribution is -2.02. The van der Waals surface area contributed by atoms with Gasteiger partial charge in [0.15, 0.2) is 0 Å². The van der Waals surface area contributed by atoms with Gasteiger partial charge in [0.1, 0.15) is 0 Å². The molecule has 0 radical (unpaired) electrons. The van der Waals surface area contributed by atoms with Crippen molar-refractivity contribution in [2.24, 2.45) is 0 Å². The van der Waals surface area contributed by atoms with Crippen LogP contribution >= 0.6 is 0 Å². The zero-order valence-corrected chi connectivity index (χ0v) is 12.7. The lowest BCUT2D eigenvalue weighted by atomic mass is 10.1. The Kier molecular flexibility index (Phi) is 8.44. The molecule has 0 saturated carbocycles. The van der Waals surface area contributed by atoms with Crippen molar-refractivity contribution in [3.05, 3.63) is 41.5 Å². The monoisotopic (exact) mass is 274 g/mol. The molecular formula is C18H26O2. The third-order valence-corrected chi connectivity index (χ3v) is 3.23. The van der Waals surface area contributed by atoms with Crippen molar-refractivity contribution in [2.75, 3.05) is 6.61 Å². The van der Waals surface area contributed by atoms with E-state index in [1.807, 2.05) is 31.2 Å². The molecule has 0 unspecified atom stereocenters. The van der Waals surface area contributed by atoms with Crippen molar-refractivity contribution in [3.8, 4) is 0 Å². The van der Waals surface area contributed by atoms with Gasteiger partial charge in [-0.25, -0.2) is 4.79 Å². The first kappa shape index (κ1) is 16.5. The van der Waals surface area contributed by atoms with E-state index in [-0.39, 0.29) is 5.97 Å². The number of hydrogen-bond acceptors (Lipinski definition) is 2. The second-order valence-corrected chi connectivity index (χ2v) is 5.18. The Hall–Kier alpha value is -1.57. The Balaban J connectivity index is 2.12. The molecule has 1 rings (SSSR count). The molecule has 0 aromatic heterocycles. The maximum atomic E-state index is 11.5. The van der Waals surface area contributed by atoms with E-state index >= 15 is 0 Å². The maximum Gasteiger partial charge on any atom is 0.330 e. The molecule has 0 bridgehead atoms. The van der Waals surface area contributed by atoms with Gasteiger partial charge in [-0.15, -0.1) is 0 Å². The fraction of sp³-hybridized carbons (Fsp3) is 0.500. The van der Waals surface area contributed by atoms with E-state index in [1.165, 1.54) is 37.3 Å². The normalized spacial score (nSPS) is 10.9. The molecule has 0 heterocycles. The van der Waals surface area contributed by atoms with Crippen LogP contribution in [0.15, 0.2) is 30.3 Å². The van der Waals surface area contributed by atoms with Crippen LogP contribution in [0.4, 0.5) is 0 Å². The van der Waals surface area contributed by atoms with Crippen LogP contribution in [-0.4, -0.2) is 12.6 Å². The van der Waals surface area contributed by atoms with Crippen molar-refractivity contribution in [2.45, 2.75) is 52.4 Å². The fourth-order valence-electron chi connectivity index (χ4n) is 1.95. The summed E-state index contributed by atoms with van der Waals surface area (Å²) in [6.07, 6.45) is 10.5. The number of hydrogen-bond donors (Lipinski definition) is 0. The summed E-state index contributed by atoms with van der Waals surface area (Å²) in [6, 6.07) is 8.04. The van der Waals surface area contributed by atoms with Gasteiger partial charge >= 0.3 is 5.97 Å². The minimum Gasteiger partial charge on any atom is -0.463 e. The Morgan fingerprint density at radius 2 is 1.70 bits per heavy atom. The van der Waals surface area contributed by atoms with Gasteiger partial charge < -0.3 is 4.74 Å². The molecule has 2 heteroatoms. The third-order valence-electron chi connectivity index (χ3n) is 3.23. The second-order valence-electron chi connectivity index (χ2n) is 5.18. The first-order valence-corrected chi connectivity index (χ1v) is 7.64. The van der Waals surface area contributed by atoms with E-state index in [0.717, 1.165) is 18.4 Å². The summed E-state index contributed by atoms with van der Waals surface area (Å²) in [7, 11) is 0. The number of carbonyl (C=O) groups excluding carboxylic acids is 1. The maximum absolute atomic E-state index is 11.5. The average molecular weight is 274 g/mol. The molecule has 1 aromatic carbocycles. The molecular weight excluding hydrogens is 248 g/mol. The Morgan fingerprint density at radius 3 is 2.40 bits per heavy atom. The van der Waals surface area contributed by atoms with Crippen molar-refractivity contribution < 1.29 is 9.53 Å². The molecule has 0 aliphatic carbocycles. The van der Waals surface area contributed by atoms with Crippen molar-refractivity contribution in [1.82, 2.24) is 0 Å². The van der Waals surface area contributed by atoms with Gasteiger partial charge in [0.25, 0.3) is 0 Å². The molecule has 0 spiro atoms. The van der Waals surface area contributed by atoms with Gasteiger partial charge in [-0.1, -0.05) is 68.9 Å². The van der Waals surface area contributed by atoms with E-state index in [0.29, 0.717) is 6.61 Å². The molecule has 0 aliphatic rings. The fourth-order valence-corrected chi connectivity index (χ4v) is 1.95. The van der Waals surface area contributed by atoms with Crippen LogP contribution in [0.5, 0.6) is 0 Å². The van der Waals surface area contributed by atoms with E-state index in [2.05, 4.69) is 6.92 Å². The topological polar surface area (TPSA) is 26.3 Å². The Labute approximate surface area is 122 Å². The second kappa shape index (κ2) is 10.2. The van der Waals surface area contributed by atoms with Crippen LogP contribution in [0.2, 0.25) is 0 Å². The predicted molar refractivity (Wildman–Crippen MR) is 84.5 cm³/mol. The molecule has 0 N–H and O–H groups in total. The van der Waals surface area contributed by atoms with Crippen LogP contribution in [-0.2, 0) is 9.53 Å². The van der Waals surface area contributed by atoms with Gasteiger partial charge in [-0.2, -0.15) is 0 Å². The Morgan fingerprint density at radius 1 is 1.05 bits per heavy atom. The zero-order valence-electron chi connectivity index (χ0n) is 12.7. The van der Waals surface area contributed by atoms with Crippen LogP contribution in [0.3, 0.4) is 0 Å². The number of ether oxygens (including phenoxy) is 1. The van der Waals surface area contributed by atoms with Gasteiger partial charge in [-0.05, 0) is 25.0 Å². The zero-order chi connectivity index (χ0) is 14.6. The van der Waals surface area contributed by atoms with E-state index in [1.54, 1.807) is 6.08 Å². The van der Waals surface area contributed by atoms with Crippen molar-refractivity contribution in [1.29, 1.82) is 0 Å². The summed E-state index contributed by atoms with van der Waals surface area (Å²) in [5.74, 6) is -0.251. The first-order valence-electron chi connectivity index (χ1n) is 7.64. The lowest BCUT2D eigenvalue weighted by molar-refractivity contribution is -0.137. The molecule has 110 valence electrons. The first-order chi connectivity index (χ1) is 9.72. The molecule has 20 heavy (non-hydrogen) atoms. The van der Waals surface area contributed by atoms with Gasteiger partial charge in [-0.3, -0.25) is 0 Å². The highest BCUT2D eigenvalue weighted by molar-refractivity contribution is 5.87. The van der Waals surface area contributed by atoms with Crippen LogP contribution in [0.1, 0.15) is 56.6 Å². The van der Waals surface area contributed by atoms with Gasteiger partial charge in [0.2, 0.25) is 0 Å². The smallest absolute Gasteiger partial charge is 0.330 e. The number of benzene rings is 1. The number of carbonyl (C=O) groups is 1. The minimum atomic E-state index is -0.251. The molecule has 0 saturated heterocycles. The number of rotatable bonds is 9. The molecule has 0 aliphatic heterocycles. The van der Waals surface area contributed by atoms with Gasteiger partial charge in [0.05, 0.1) is 6.61 Å². The summed E-state index contributed by atoms with van der Waals surface area (Å²) < 4.78 is 5.17. The largest absolute Gasteiger partial charge is 0.463 e. The molecule has 0 amide bonds. The van der Waals surface area contributed by atoms with Crippen LogP contribution in [0.25, 0.3) is 6.08 Å².